The molecular weight excluding hydrogens is 126 g/mol. The Labute approximate surface area is 61.5 Å². The van der Waals surface area contributed by atoms with E-state index in [1.54, 1.807) is 0 Å². The van der Waals surface area contributed by atoms with Gasteiger partial charge in [0.1, 0.15) is 0 Å². The predicted molar refractivity (Wildman–Crippen MR) is 39.6 cm³/mol. The first kappa shape index (κ1) is 6.23. The molecule has 0 aromatic carbocycles. The Bertz CT molecular complexity index is 151. The first-order valence-electron chi connectivity index (χ1n) is 3.79. The van der Waals surface area contributed by atoms with Crippen LogP contribution in [0.15, 0.2) is 12.8 Å². The lowest BCUT2D eigenvalue weighted by molar-refractivity contribution is -0.103. The number of nitrogens with zero attached hydrogens (tertiary/aromatic N) is 1. The van der Waals surface area contributed by atoms with Gasteiger partial charge in [-0.1, -0.05) is 6.58 Å². The van der Waals surface area contributed by atoms with Gasteiger partial charge >= 0.3 is 0 Å². The lowest BCUT2D eigenvalue weighted by Gasteiger charge is -2.37. The summed E-state index contributed by atoms with van der Waals surface area (Å²) >= 11 is 0. The maximum atomic E-state index is 5.19. The maximum absolute atomic E-state index is 5.19. The monoisotopic (exact) mass is 139 g/mol. The molecule has 2 heteroatoms. The van der Waals surface area contributed by atoms with Gasteiger partial charge < -0.3 is 9.64 Å². The third kappa shape index (κ3) is 0.754. The van der Waals surface area contributed by atoms with Crippen molar-refractivity contribution in [2.75, 3.05) is 26.3 Å². The van der Waals surface area contributed by atoms with Crippen molar-refractivity contribution in [3.05, 3.63) is 12.8 Å². The Hall–Kier alpha value is -0.500. The van der Waals surface area contributed by atoms with Gasteiger partial charge in [0.15, 0.2) is 0 Å². The highest BCUT2D eigenvalue weighted by Gasteiger charge is 2.43. The molecule has 1 spiro atoms. The van der Waals surface area contributed by atoms with Crippen LogP contribution in [0.2, 0.25) is 0 Å². The summed E-state index contributed by atoms with van der Waals surface area (Å²) in [5.74, 6) is 0. The van der Waals surface area contributed by atoms with Crippen LogP contribution < -0.4 is 0 Å². The van der Waals surface area contributed by atoms with E-state index < -0.39 is 0 Å². The van der Waals surface area contributed by atoms with Crippen molar-refractivity contribution in [2.24, 2.45) is 5.41 Å². The van der Waals surface area contributed by atoms with E-state index in [4.69, 9.17) is 4.74 Å². The van der Waals surface area contributed by atoms with Crippen LogP contribution in [0.3, 0.4) is 0 Å². The highest BCUT2D eigenvalue weighted by atomic mass is 16.5. The van der Waals surface area contributed by atoms with Crippen LogP contribution in [0.1, 0.15) is 6.42 Å². The Kier molecular flexibility index (Phi) is 1.24. The van der Waals surface area contributed by atoms with E-state index in [1.807, 2.05) is 6.20 Å². The second kappa shape index (κ2) is 1.99. The Morgan fingerprint density at radius 1 is 1.50 bits per heavy atom. The smallest absolute Gasteiger partial charge is 0.0562 e. The highest BCUT2D eigenvalue weighted by molar-refractivity contribution is 4.96. The van der Waals surface area contributed by atoms with Crippen LogP contribution in [0, 0.1) is 5.41 Å². The molecule has 2 saturated heterocycles. The van der Waals surface area contributed by atoms with E-state index >= 15 is 0 Å². The molecule has 2 heterocycles. The fourth-order valence-corrected chi connectivity index (χ4v) is 1.75. The lowest BCUT2D eigenvalue weighted by atomic mass is 9.85. The number of rotatable bonds is 1. The molecule has 0 radical (unpaired) electrons. The van der Waals surface area contributed by atoms with E-state index in [1.165, 1.54) is 13.0 Å². The summed E-state index contributed by atoms with van der Waals surface area (Å²) in [5, 5.41) is 0. The quantitative estimate of drug-likeness (QED) is 0.534. The largest absolute Gasteiger partial charge is 0.380 e. The van der Waals surface area contributed by atoms with Gasteiger partial charge in [0.05, 0.1) is 13.2 Å². The van der Waals surface area contributed by atoms with Crippen LogP contribution in [0.25, 0.3) is 0 Å². The van der Waals surface area contributed by atoms with Crippen molar-refractivity contribution in [2.45, 2.75) is 6.42 Å². The second-order valence-electron chi connectivity index (χ2n) is 3.40. The van der Waals surface area contributed by atoms with E-state index in [2.05, 4.69) is 11.5 Å². The summed E-state index contributed by atoms with van der Waals surface area (Å²) in [6.07, 6.45) is 3.23. The van der Waals surface area contributed by atoms with Crippen LogP contribution in [0.5, 0.6) is 0 Å². The summed E-state index contributed by atoms with van der Waals surface area (Å²) in [7, 11) is 0. The summed E-state index contributed by atoms with van der Waals surface area (Å²) in [6.45, 7) is 8.03. The number of ether oxygens (including phenoxy) is 1. The summed E-state index contributed by atoms with van der Waals surface area (Å²) < 4.78 is 5.19. The minimum absolute atomic E-state index is 0.522. The molecular formula is C8H13NO. The van der Waals surface area contributed by atoms with E-state index in [9.17, 15) is 0 Å². The molecule has 2 aliphatic heterocycles. The van der Waals surface area contributed by atoms with Crippen LogP contribution >= 0.6 is 0 Å². The molecule has 0 atom stereocenters. The Morgan fingerprint density at radius 2 is 2.30 bits per heavy atom. The van der Waals surface area contributed by atoms with Crippen molar-refractivity contribution in [3.63, 3.8) is 0 Å². The molecule has 0 amide bonds. The maximum Gasteiger partial charge on any atom is 0.0562 e. The van der Waals surface area contributed by atoms with Gasteiger partial charge in [0.2, 0.25) is 0 Å². The SMILES string of the molecule is C=CN1CCC2(COC2)C1. The molecule has 0 aliphatic carbocycles. The highest BCUT2D eigenvalue weighted by Crippen LogP contribution is 2.37. The predicted octanol–water partition coefficient (Wildman–Crippen LogP) is 0.852. The van der Waals surface area contributed by atoms with Gasteiger partial charge in [-0.25, -0.2) is 0 Å². The van der Waals surface area contributed by atoms with Gasteiger partial charge in [0.25, 0.3) is 0 Å². The molecule has 2 nitrogen and oxygen atoms in total. The molecule has 2 fully saturated rings. The zero-order valence-electron chi connectivity index (χ0n) is 6.18. The fourth-order valence-electron chi connectivity index (χ4n) is 1.75. The van der Waals surface area contributed by atoms with E-state index in [0.29, 0.717) is 5.41 Å². The minimum atomic E-state index is 0.522. The zero-order valence-corrected chi connectivity index (χ0v) is 6.18. The Balaban J connectivity index is 1.98. The van der Waals surface area contributed by atoms with Gasteiger partial charge in [-0.2, -0.15) is 0 Å². The van der Waals surface area contributed by atoms with E-state index in [0.717, 1.165) is 19.8 Å². The lowest BCUT2D eigenvalue weighted by Crippen LogP contribution is -2.44. The molecule has 2 aliphatic rings. The normalized spacial score (nSPS) is 28.6. The zero-order chi connectivity index (χ0) is 7.03. The summed E-state index contributed by atoms with van der Waals surface area (Å²) in [4.78, 5) is 2.28. The average molecular weight is 139 g/mol. The Morgan fingerprint density at radius 3 is 2.60 bits per heavy atom. The number of likely N-dealkylation sites (tertiary alicyclic amines) is 1. The van der Waals surface area contributed by atoms with Gasteiger partial charge in [0, 0.05) is 18.5 Å². The van der Waals surface area contributed by atoms with E-state index in [-0.39, 0.29) is 0 Å². The van der Waals surface area contributed by atoms with Crippen LogP contribution in [-0.4, -0.2) is 31.2 Å². The first-order valence-corrected chi connectivity index (χ1v) is 3.79. The molecule has 10 heavy (non-hydrogen) atoms. The third-order valence-corrected chi connectivity index (χ3v) is 2.54. The molecule has 0 saturated carbocycles. The topological polar surface area (TPSA) is 12.5 Å². The molecule has 0 aromatic heterocycles. The van der Waals surface area contributed by atoms with Gasteiger partial charge in [-0.3, -0.25) is 0 Å². The molecule has 0 N–H and O–H groups in total. The van der Waals surface area contributed by atoms with Crippen molar-refractivity contribution in [3.8, 4) is 0 Å². The van der Waals surface area contributed by atoms with Crippen molar-refractivity contribution in [1.29, 1.82) is 0 Å². The fraction of sp³-hybridized carbons (Fsp3) is 0.750. The molecule has 0 aromatic rings. The summed E-state index contributed by atoms with van der Waals surface area (Å²) in [6, 6.07) is 0. The van der Waals surface area contributed by atoms with Crippen LogP contribution in [0.4, 0.5) is 0 Å². The number of hydrogen-bond donors (Lipinski definition) is 0. The first-order chi connectivity index (χ1) is 4.85. The van der Waals surface area contributed by atoms with Crippen LogP contribution in [-0.2, 0) is 4.74 Å². The summed E-state index contributed by atoms with van der Waals surface area (Å²) in [5.41, 5.74) is 0.522. The van der Waals surface area contributed by atoms with Crippen molar-refractivity contribution < 1.29 is 4.74 Å². The standard InChI is InChI=1S/C8H13NO/c1-2-9-4-3-8(5-9)6-10-7-8/h2H,1,3-7H2. The second-order valence-corrected chi connectivity index (χ2v) is 3.40. The van der Waals surface area contributed by atoms with Crippen molar-refractivity contribution >= 4 is 0 Å². The van der Waals surface area contributed by atoms with Gasteiger partial charge in [-0.05, 0) is 12.6 Å². The average Bonchev–Trinajstić information content (AvgIpc) is 2.29. The van der Waals surface area contributed by atoms with Gasteiger partial charge in [-0.15, -0.1) is 0 Å². The minimum Gasteiger partial charge on any atom is -0.380 e. The van der Waals surface area contributed by atoms with Crippen molar-refractivity contribution in [1.82, 2.24) is 4.90 Å². The molecule has 56 valence electrons. The molecule has 0 bridgehead atoms. The molecule has 0 unspecified atom stereocenters. The number of hydrogen-bond acceptors (Lipinski definition) is 2. The third-order valence-electron chi connectivity index (χ3n) is 2.54. The molecule has 2 rings (SSSR count).